The molecule has 1 aliphatic heterocycles. The van der Waals surface area contributed by atoms with E-state index in [-0.39, 0.29) is 11.8 Å². The van der Waals surface area contributed by atoms with Crippen LogP contribution in [0.25, 0.3) is 0 Å². The lowest BCUT2D eigenvalue weighted by molar-refractivity contribution is 0.0669. The van der Waals surface area contributed by atoms with Crippen LogP contribution in [-0.4, -0.2) is 31.1 Å². The average Bonchev–Trinajstić information content (AvgIpc) is 2.74. The fourth-order valence-corrected chi connectivity index (χ4v) is 2.98. The van der Waals surface area contributed by atoms with Crippen LogP contribution in [0.15, 0.2) is 18.2 Å². The highest BCUT2D eigenvalue weighted by atomic mass is 16.5. The Morgan fingerprint density at radius 2 is 2.00 bits per heavy atom. The minimum atomic E-state index is -0.313. The molecule has 0 radical (unpaired) electrons. The number of methoxy groups -OCH3 is 1. The van der Waals surface area contributed by atoms with E-state index in [4.69, 9.17) is 4.74 Å². The van der Waals surface area contributed by atoms with Gasteiger partial charge in [0.15, 0.2) is 0 Å². The number of hydrogen-bond acceptors (Lipinski definition) is 4. The van der Waals surface area contributed by atoms with E-state index in [0.29, 0.717) is 23.3 Å². The molecule has 0 bridgehead atoms. The van der Waals surface area contributed by atoms with Crippen LogP contribution in [0.2, 0.25) is 0 Å². The Hall–Kier alpha value is -1.88. The molecule has 2 unspecified atom stereocenters. The standard InChI is InChI=1S/C15H18N2O3/c1-20-11-4-2-3-9(7-11)16-10-5-6-12-13(8-10)15(19)17-14(12)18/h5-6,8-9,11,16H,2-4,7H2,1H3,(H,17,18,19). The van der Waals surface area contributed by atoms with Crippen LogP contribution in [0.1, 0.15) is 46.4 Å². The van der Waals surface area contributed by atoms with Crippen molar-refractivity contribution in [2.75, 3.05) is 12.4 Å². The van der Waals surface area contributed by atoms with Gasteiger partial charge in [0.25, 0.3) is 11.8 Å². The van der Waals surface area contributed by atoms with E-state index in [1.54, 1.807) is 19.2 Å². The maximum atomic E-state index is 11.6. The number of hydrogen-bond donors (Lipinski definition) is 2. The normalized spacial score (nSPS) is 25.2. The molecule has 0 aromatic heterocycles. The van der Waals surface area contributed by atoms with Gasteiger partial charge in [-0.1, -0.05) is 0 Å². The van der Waals surface area contributed by atoms with Crippen molar-refractivity contribution in [2.45, 2.75) is 37.8 Å². The summed E-state index contributed by atoms with van der Waals surface area (Å²) in [5.41, 5.74) is 1.80. The van der Waals surface area contributed by atoms with E-state index < -0.39 is 0 Å². The number of amides is 2. The maximum Gasteiger partial charge on any atom is 0.259 e. The highest BCUT2D eigenvalue weighted by molar-refractivity contribution is 6.21. The van der Waals surface area contributed by atoms with Crippen molar-refractivity contribution in [2.24, 2.45) is 0 Å². The molecular formula is C15H18N2O3. The second-order valence-corrected chi connectivity index (χ2v) is 5.41. The summed E-state index contributed by atoms with van der Waals surface area (Å²) in [7, 11) is 1.75. The van der Waals surface area contributed by atoms with Crippen molar-refractivity contribution in [3.05, 3.63) is 29.3 Å². The highest BCUT2D eigenvalue weighted by Crippen LogP contribution is 2.26. The molecule has 1 fully saturated rings. The van der Waals surface area contributed by atoms with Crippen molar-refractivity contribution in [1.82, 2.24) is 5.32 Å². The summed E-state index contributed by atoms with van der Waals surface area (Å²) in [4.78, 5) is 23.1. The molecule has 1 aromatic carbocycles. The fraction of sp³-hybridized carbons (Fsp3) is 0.467. The van der Waals surface area contributed by atoms with Gasteiger partial charge in [-0.25, -0.2) is 0 Å². The third kappa shape index (κ3) is 2.41. The number of imide groups is 1. The second-order valence-electron chi connectivity index (χ2n) is 5.41. The first-order valence-electron chi connectivity index (χ1n) is 6.96. The van der Waals surface area contributed by atoms with E-state index in [0.717, 1.165) is 31.4 Å². The van der Waals surface area contributed by atoms with Crippen LogP contribution < -0.4 is 10.6 Å². The van der Waals surface area contributed by atoms with Crippen LogP contribution in [0.4, 0.5) is 5.69 Å². The quantitative estimate of drug-likeness (QED) is 0.827. The average molecular weight is 274 g/mol. The second kappa shape index (κ2) is 5.25. The van der Waals surface area contributed by atoms with Crippen LogP contribution in [0.5, 0.6) is 0 Å². The van der Waals surface area contributed by atoms with Crippen molar-refractivity contribution < 1.29 is 14.3 Å². The summed E-state index contributed by atoms with van der Waals surface area (Å²) in [5, 5.41) is 5.74. The van der Waals surface area contributed by atoms with E-state index in [9.17, 15) is 9.59 Å². The molecular weight excluding hydrogens is 256 g/mol. The molecule has 5 heteroatoms. The number of benzene rings is 1. The monoisotopic (exact) mass is 274 g/mol. The topological polar surface area (TPSA) is 67.4 Å². The maximum absolute atomic E-state index is 11.6. The number of nitrogens with one attached hydrogen (secondary N) is 2. The SMILES string of the molecule is COC1CCCC(Nc2ccc3c(c2)C(=O)NC3=O)C1. The van der Waals surface area contributed by atoms with Gasteiger partial charge >= 0.3 is 0 Å². The Kier molecular flexibility index (Phi) is 3.44. The summed E-state index contributed by atoms with van der Waals surface area (Å²) < 4.78 is 5.42. The van der Waals surface area contributed by atoms with Crippen LogP contribution in [-0.2, 0) is 4.74 Å². The van der Waals surface area contributed by atoms with E-state index in [1.165, 1.54) is 0 Å². The molecule has 2 N–H and O–H groups in total. The third-order valence-corrected chi connectivity index (χ3v) is 4.07. The summed E-state index contributed by atoms with van der Waals surface area (Å²) in [5.74, 6) is -0.624. The van der Waals surface area contributed by atoms with Crippen LogP contribution in [0.3, 0.4) is 0 Å². The Bertz CT molecular complexity index is 556. The summed E-state index contributed by atoms with van der Waals surface area (Å²) in [6, 6.07) is 5.67. The smallest absolute Gasteiger partial charge is 0.259 e. The number of ether oxygens (including phenoxy) is 1. The van der Waals surface area contributed by atoms with E-state index >= 15 is 0 Å². The third-order valence-electron chi connectivity index (χ3n) is 4.07. The van der Waals surface area contributed by atoms with Crippen molar-refractivity contribution in [3.63, 3.8) is 0 Å². The Morgan fingerprint density at radius 3 is 2.80 bits per heavy atom. The molecule has 20 heavy (non-hydrogen) atoms. The Labute approximate surface area is 117 Å². The van der Waals surface area contributed by atoms with Gasteiger partial charge in [-0.05, 0) is 43.9 Å². The Morgan fingerprint density at radius 1 is 1.20 bits per heavy atom. The molecule has 2 atom stereocenters. The zero-order valence-electron chi connectivity index (χ0n) is 11.4. The van der Waals surface area contributed by atoms with Crippen molar-refractivity contribution in [3.8, 4) is 0 Å². The Balaban J connectivity index is 1.74. The lowest BCUT2D eigenvalue weighted by Crippen LogP contribution is -2.31. The van der Waals surface area contributed by atoms with Gasteiger partial charge in [0.1, 0.15) is 0 Å². The molecule has 5 nitrogen and oxygen atoms in total. The van der Waals surface area contributed by atoms with Crippen molar-refractivity contribution in [1.29, 1.82) is 0 Å². The molecule has 1 saturated carbocycles. The number of rotatable bonds is 3. The molecule has 0 saturated heterocycles. The molecule has 106 valence electrons. The minimum absolute atomic E-state index is 0.306. The molecule has 2 amide bonds. The fourth-order valence-electron chi connectivity index (χ4n) is 2.98. The molecule has 3 rings (SSSR count). The number of fused-ring (bicyclic) bond motifs is 1. The van der Waals surface area contributed by atoms with E-state index in [2.05, 4.69) is 10.6 Å². The number of anilines is 1. The molecule has 1 heterocycles. The lowest BCUT2D eigenvalue weighted by Gasteiger charge is -2.29. The van der Waals surface area contributed by atoms with Gasteiger partial charge in [0.05, 0.1) is 17.2 Å². The van der Waals surface area contributed by atoms with Gasteiger partial charge in [-0.2, -0.15) is 0 Å². The minimum Gasteiger partial charge on any atom is -0.382 e. The zero-order chi connectivity index (χ0) is 14.1. The van der Waals surface area contributed by atoms with Crippen molar-refractivity contribution >= 4 is 17.5 Å². The summed E-state index contributed by atoms with van der Waals surface area (Å²) >= 11 is 0. The van der Waals surface area contributed by atoms with Gasteiger partial charge in [0, 0.05) is 18.8 Å². The van der Waals surface area contributed by atoms with E-state index in [1.807, 2.05) is 6.07 Å². The number of carbonyl (C=O) groups is 2. The molecule has 1 aliphatic carbocycles. The van der Waals surface area contributed by atoms with Gasteiger partial charge in [0.2, 0.25) is 0 Å². The van der Waals surface area contributed by atoms with Crippen LogP contribution in [0, 0.1) is 0 Å². The van der Waals surface area contributed by atoms with Gasteiger partial charge in [-0.15, -0.1) is 0 Å². The summed E-state index contributed by atoms with van der Waals surface area (Å²) in [6.45, 7) is 0. The first-order valence-corrected chi connectivity index (χ1v) is 6.96. The predicted molar refractivity (Wildman–Crippen MR) is 74.9 cm³/mol. The largest absolute Gasteiger partial charge is 0.382 e. The summed E-state index contributed by atoms with van der Waals surface area (Å²) in [6.07, 6.45) is 4.62. The van der Waals surface area contributed by atoms with Gasteiger partial charge in [-0.3, -0.25) is 14.9 Å². The van der Waals surface area contributed by atoms with Crippen LogP contribution >= 0.6 is 0 Å². The molecule has 2 aliphatic rings. The van der Waals surface area contributed by atoms with Gasteiger partial charge < -0.3 is 10.1 Å². The first kappa shape index (κ1) is 13.1. The zero-order valence-corrected chi connectivity index (χ0v) is 11.4. The lowest BCUT2D eigenvalue weighted by atomic mass is 9.92. The molecule has 1 aromatic rings. The molecule has 0 spiro atoms. The highest BCUT2D eigenvalue weighted by Gasteiger charge is 2.27. The predicted octanol–water partition coefficient (Wildman–Crippen LogP) is 1.94. The first-order chi connectivity index (χ1) is 9.67. The number of carbonyl (C=O) groups excluding carboxylic acids is 2.